The van der Waals surface area contributed by atoms with E-state index in [1.165, 1.54) is 13.3 Å². The number of aromatic nitrogens is 3. The van der Waals surface area contributed by atoms with Crippen LogP contribution in [-0.2, 0) is 11.2 Å². The van der Waals surface area contributed by atoms with Gasteiger partial charge in [-0.15, -0.1) is 0 Å². The van der Waals surface area contributed by atoms with E-state index in [1.807, 2.05) is 24.3 Å². The Kier molecular flexibility index (Phi) is 6.24. The average Bonchev–Trinajstić information content (AvgIpc) is 3.45. The molecular weight excluding hydrogens is 466 g/mol. The van der Waals surface area contributed by atoms with Gasteiger partial charge in [-0.3, -0.25) is 14.7 Å². The summed E-state index contributed by atoms with van der Waals surface area (Å²) >= 11 is 5.98. The molecule has 2 fully saturated rings. The van der Waals surface area contributed by atoms with Crippen molar-refractivity contribution in [3.8, 4) is 23.2 Å². The maximum Gasteiger partial charge on any atom is 0.230 e. The molecule has 0 saturated carbocycles. The van der Waals surface area contributed by atoms with Crippen LogP contribution in [0, 0.1) is 11.3 Å². The Hall–Kier alpha value is -3.74. The molecule has 9 nitrogen and oxygen atoms in total. The van der Waals surface area contributed by atoms with E-state index in [1.54, 1.807) is 12.3 Å². The molecule has 2 aliphatic rings. The summed E-state index contributed by atoms with van der Waals surface area (Å²) in [6.45, 7) is 1.98. The first-order chi connectivity index (χ1) is 16.9. The number of rotatable bonds is 6. The van der Waals surface area contributed by atoms with Gasteiger partial charge in [0.2, 0.25) is 5.91 Å². The average molecular weight is 490 g/mol. The Morgan fingerprint density at radius 3 is 2.71 bits per heavy atom. The van der Waals surface area contributed by atoms with Crippen molar-refractivity contribution in [2.24, 2.45) is 0 Å². The molecule has 2 aliphatic heterocycles. The lowest BCUT2D eigenvalue weighted by Gasteiger charge is -2.33. The second-order valence-electron chi connectivity index (χ2n) is 8.82. The van der Waals surface area contributed by atoms with Gasteiger partial charge in [0.1, 0.15) is 28.4 Å². The minimum Gasteiger partial charge on any atom is -0.495 e. The topological polar surface area (TPSA) is 107 Å². The van der Waals surface area contributed by atoms with E-state index in [9.17, 15) is 10.1 Å². The molecule has 2 bridgehead atoms. The number of ether oxygens (including phenoxy) is 1. The van der Waals surface area contributed by atoms with Gasteiger partial charge in [0, 0.05) is 43.1 Å². The van der Waals surface area contributed by atoms with Crippen LogP contribution >= 0.6 is 11.6 Å². The number of fused-ring (bicyclic) bond motifs is 2. The number of likely N-dealkylation sites (N-methyl/N-ethyl adjacent to an activating group) is 1. The molecule has 5 rings (SSSR count). The summed E-state index contributed by atoms with van der Waals surface area (Å²) in [6.07, 6.45) is 4.34. The number of hydrogen-bond acceptors (Lipinski definition) is 8. The minimum atomic E-state index is -0.239. The highest BCUT2D eigenvalue weighted by Crippen LogP contribution is 2.35. The summed E-state index contributed by atoms with van der Waals surface area (Å²) in [6, 6.07) is 12.3. The number of methoxy groups -OCH3 is 1. The molecule has 3 aromatic heterocycles. The zero-order valence-corrected chi connectivity index (χ0v) is 20.2. The summed E-state index contributed by atoms with van der Waals surface area (Å²) in [5.41, 5.74) is 3.40. The van der Waals surface area contributed by atoms with Crippen molar-refractivity contribution in [1.29, 1.82) is 5.26 Å². The van der Waals surface area contributed by atoms with E-state index in [2.05, 4.69) is 43.2 Å². The van der Waals surface area contributed by atoms with Crippen LogP contribution in [0.25, 0.3) is 11.4 Å². The number of nitriles is 1. The summed E-state index contributed by atoms with van der Waals surface area (Å²) in [5.74, 6) is 0.549. The molecule has 0 aliphatic carbocycles. The van der Waals surface area contributed by atoms with E-state index in [-0.39, 0.29) is 12.3 Å². The first kappa shape index (κ1) is 23.0. The first-order valence-electron chi connectivity index (χ1n) is 11.3. The Balaban J connectivity index is 1.30. The number of pyridine rings is 3. The van der Waals surface area contributed by atoms with Gasteiger partial charge < -0.3 is 15.0 Å². The second-order valence-corrected chi connectivity index (χ2v) is 9.23. The highest BCUT2D eigenvalue weighted by atomic mass is 35.5. The van der Waals surface area contributed by atoms with Crippen molar-refractivity contribution < 1.29 is 9.53 Å². The van der Waals surface area contributed by atoms with Crippen LogP contribution in [0.2, 0.25) is 5.02 Å². The lowest BCUT2D eigenvalue weighted by atomic mass is 10.1. The molecule has 2 unspecified atom stereocenters. The Labute approximate surface area is 208 Å². The highest BCUT2D eigenvalue weighted by molar-refractivity contribution is 6.32. The van der Waals surface area contributed by atoms with Gasteiger partial charge in [-0.1, -0.05) is 17.7 Å². The van der Waals surface area contributed by atoms with Crippen molar-refractivity contribution in [3.63, 3.8) is 0 Å². The van der Waals surface area contributed by atoms with E-state index < -0.39 is 0 Å². The number of amides is 1. The Bertz CT molecular complexity index is 1310. The summed E-state index contributed by atoms with van der Waals surface area (Å²) in [5, 5.41) is 12.6. The number of halogens is 1. The quantitative estimate of drug-likeness (QED) is 0.562. The maximum atomic E-state index is 12.5. The molecule has 1 amide bonds. The molecule has 0 aromatic carbocycles. The zero-order chi connectivity index (χ0) is 24.5. The molecule has 2 atom stereocenters. The van der Waals surface area contributed by atoms with Crippen LogP contribution in [0.1, 0.15) is 17.7 Å². The van der Waals surface area contributed by atoms with Gasteiger partial charge in [0.05, 0.1) is 31.1 Å². The van der Waals surface area contributed by atoms with Crippen LogP contribution in [0.4, 0.5) is 11.5 Å². The van der Waals surface area contributed by atoms with Crippen molar-refractivity contribution in [3.05, 3.63) is 59.0 Å². The predicted molar refractivity (Wildman–Crippen MR) is 132 cm³/mol. The van der Waals surface area contributed by atoms with Crippen molar-refractivity contribution in [2.45, 2.75) is 24.9 Å². The van der Waals surface area contributed by atoms with E-state index in [4.69, 9.17) is 16.3 Å². The van der Waals surface area contributed by atoms with E-state index in [0.29, 0.717) is 45.8 Å². The third-order valence-corrected chi connectivity index (χ3v) is 6.81. The van der Waals surface area contributed by atoms with Crippen LogP contribution in [0.3, 0.4) is 0 Å². The minimum absolute atomic E-state index is 0.126. The molecule has 5 heterocycles. The fraction of sp³-hybridized carbons (Fsp3) is 0.320. The van der Waals surface area contributed by atoms with Crippen LogP contribution in [0.5, 0.6) is 5.75 Å². The summed E-state index contributed by atoms with van der Waals surface area (Å²) in [4.78, 5) is 30.3. The lowest BCUT2D eigenvalue weighted by Crippen LogP contribution is -2.44. The Morgan fingerprint density at radius 1 is 1.20 bits per heavy atom. The van der Waals surface area contributed by atoms with Crippen LogP contribution < -0.4 is 15.0 Å². The number of likely N-dealkylation sites (tertiary alicyclic amines) is 1. The SMILES string of the molecule is COc1cc(NC(=O)Cc2ccc(-c3cc(N4CC5CC4CN5C)cc(C#N)n3)nc2)ncc1Cl. The van der Waals surface area contributed by atoms with Crippen molar-refractivity contribution >= 4 is 29.0 Å². The van der Waals surface area contributed by atoms with Gasteiger partial charge >= 0.3 is 0 Å². The molecule has 10 heteroatoms. The molecule has 35 heavy (non-hydrogen) atoms. The second kappa shape index (κ2) is 9.49. The van der Waals surface area contributed by atoms with Gasteiger partial charge in [-0.25, -0.2) is 9.97 Å². The predicted octanol–water partition coefficient (Wildman–Crippen LogP) is 3.15. The molecular formula is C25H24ClN7O2. The molecule has 2 saturated heterocycles. The van der Waals surface area contributed by atoms with Crippen molar-refractivity contribution in [1.82, 2.24) is 19.9 Å². The largest absolute Gasteiger partial charge is 0.495 e. The first-order valence-corrected chi connectivity index (χ1v) is 11.6. The molecule has 0 spiro atoms. The number of hydrogen-bond donors (Lipinski definition) is 1. The zero-order valence-electron chi connectivity index (χ0n) is 19.4. The molecule has 178 valence electrons. The number of piperazine rings is 1. The number of carbonyl (C=O) groups is 1. The van der Waals surface area contributed by atoms with Crippen molar-refractivity contribution in [2.75, 3.05) is 37.5 Å². The van der Waals surface area contributed by atoms with E-state index >= 15 is 0 Å². The smallest absolute Gasteiger partial charge is 0.230 e. The van der Waals surface area contributed by atoms with Gasteiger partial charge in [-0.2, -0.15) is 5.26 Å². The summed E-state index contributed by atoms with van der Waals surface area (Å²) in [7, 11) is 3.66. The Morgan fingerprint density at radius 2 is 2.06 bits per heavy atom. The normalized spacial score (nSPS) is 19.0. The van der Waals surface area contributed by atoms with Gasteiger partial charge in [0.25, 0.3) is 0 Å². The third kappa shape index (κ3) is 4.76. The standard InChI is InChI=1S/C25H24ClN7O2/c1-32-13-19-7-18(32)14-33(19)17-6-16(10-27)30-22(8-17)21-4-3-15(11-28-21)5-25(34)31-24-9-23(35-2)20(26)12-29-24/h3-4,6,8-9,11-12,18-19H,5,7,13-14H2,1-2H3,(H,29,31,34). The summed E-state index contributed by atoms with van der Waals surface area (Å²) < 4.78 is 5.15. The number of nitrogens with one attached hydrogen (secondary N) is 1. The van der Waals surface area contributed by atoms with Crippen LogP contribution in [0.15, 0.2) is 42.7 Å². The monoisotopic (exact) mass is 489 g/mol. The number of carbonyl (C=O) groups excluding carboxylic acids is 1. The molecule has 1 N–H and O–H groups in total. The lowest BCUT2D eigenvalue weighted by molar-refractivity contribution is -0.115. The number of nitrogens with zero attached hydrogens (tertiary/aromatic N) is 6. The highest BCUT2D eigenvalue weighted by Gasteiger charge is 2.41. The third-order valence-electron chi connectivity index (χ3n) is 6.53. The maximum absolute atomic E-state index is 12.5. The molecule has 0 radical (unpaired) electrons. The number of anilines is 2. The fourth-order valence-electron chi connectivity index (χ4n) is 4.75. The van der Waals surface area contributed by atoms with Crippen LogP contribution in [-0.4, -0.2) is 65.1 Å². The van der Waals surface area contributed by atoms with Gasteiger partial charge in [0.15, 0.2) is 0 Å². The van der Waals surface area contributed by atoms with E-state index in [0.717, 1.165) is 30.8 Å². The molecule has 3 aromatic rings. The fourth-order valence-corrected chi connectivity index (χ4v) is 4.93. The van der Waals surface area contributed by atoms with Gasteiger partial charge in [-0.05, 0) is 37.2 Å².